The van der Waals surface area contributed by atoms with E-state index >= 15 is 0 Å². The quantitative estimate of drug-likeness (QED) is 0.573. The number of hydrogen-bond acceptors (Lipinski definition) is 7. The van der Waals surface area contributed by atoms with Crippen LogP contribution in [0.1, 0.15) is 0 Å². The van der Waals surface area contributed by atoms with E-state index in [0.717, 1.165) is 5.69 Å². The Hall–Kier alpha value is -3.61. The second kappa shape index (κ2) is 6.25. The summed E-state index contributed by atoms with van der Waals surface area (Å²) >= 11 is 0. The van der Waals surface area contributed by atoms with Crippen LogP contribution in [0.25, 0.3) is 34.3 Å². The standard InChI is InChI=1S/C17H11N7/c1-2-7-18-12(5-1)14-11-21-15(13-6-3-10-22-24-13)16(23-14)17-19-8-4-9-20-17/h1-11H. The van der Waals surface area contributed by atoms with E-state index in [1.165, 1.54) is 0 Å². The normalized spacial score (nSPS) is 10.5. The van der Waals surface area contributed by atoms with Crippen LogP contribution >= 0.6 is 0 Å². The Morgan fingerprint density at radius 1 is 0.583 bits per heavy atom. The van der Waals surface area contributed by atoms with Crippen LogP contribution < -0.4 is 0 Å². The fourth-order valence-corrected chi connectivity index (χ4v) is 2.22. The molecule has 4 rings (SSSR count). The summed E-state index contributed by atoms with van der Waals surface area (Å²) in [6, 6.07) is 11.0. The molecular weight excluding hydrogens is 302 g/mol. The minimum atomic E-state index is 0.475. The van der Waals surface area contributed by atoms with Gasteiger partial charge in [-0.2, -0.15) is 5.10 Å². The molecule has 0 aliphatic rings. The Balaban J connectivity index is 1.92. The first-order valence-electron chi connectivity index (χ1n) is 7.26. The zero-order valence-electron chi connectivity index (χ0n) is 12.5. The molecule has 0 unspecified atom stereocenters. The predicted molar refractivity (Wildman–Crippen MR) is 87.3 cm³/mol. The lowest BCUT2D eigenvalue weighted by atomic mass is 10.2. The van der Waals surface area contributed by atoms with Crippen LogP contribution in [-0.4, -0.2) is 35.1 Å². The lowest BCUT2D eigenvalue weighted by Crippen LogP contribution is -2.01. The Bertz CT molecular complexity index is 944. The molecule has 4 aromatic heterocycles. The molecule has 0 saturated heterocycles. The predicted octanol–water partition coefficient (Wildman–Crippen LogP) is 2.45. The van der Waals surface area contributed by atoms with E-state index < -0.39 is 0 Å². The number of pyridine rings is 1. The fourth-order valence-electron chi connectivity index (χ4n) is 2.22. The maximum Gasteiger partial charge on any atom is 0.180 e. The van der Waals surface area contributed by atoms with Crippen molar-refractivity contribution >= 4 is 0 Å². The van der Waals surface area contributed by atoms with Gasteiger partial charge in [-0.25, -0.2) is 19.9 Å². The Labute approximate surface area is 137 Å². The molecule has 0 saturated carbocycles. The second-order valence-electron chi connectivity index (χ2n) is 4.85. The molecular formula is C17H11N7. The molecule has 24 heavy (non-hydrogen) atoms. The fraction of sp³-hybridized carbons (Fsp3) is 0. The van der Waals surface area contributed by atoms with Crippen molar-refractivity contribution in [1.82, 2.24) is 35.1 Å². The number of hydrogen-bond donors (Lipinski definition) is 0. The van der Waals surface area contributed by atoms with Gasteiger partial charge in [0.15, 0.2) is 5.82 Å². The SMILES string of the molecule is c1ccc(-c2cnc(-c3cccnn3)c(-c3ncccn3)n2)nc1. The van der Waals surface area contributed by atoms with Crippen molar-refractivity contribution in [1.29, 1.82) is 0 Å². The molecule has 0 amide bonds. The lowest BCUT2D eigenvalue weighted by molar-refractivity contribution is 1.02. The summed E-state index contributed by atoms with van der Waals surface area (Å²) in [6.45, 7) is 0. The summed E-state index contributed by atoms with van der Waals surface area (Å²) in [6.07, 6.45) is 8.32. The molecule has 0 bridgehead atoms. The summed E-state index contributed by atoms with van der Waals surface area (Å²) in [5, 5.41) is 8.02. The zero-order valence-corrected chi connectivity index (χ0v) is 12.5. The highest BCUT2D eigenvalue weighted by molar-refractivity contribution is 5.73. The molecule has 0 aliphatic carbocycles. The lowest BCUT2D eigenvalue weighted by Gasteiger charge is -2.08. The highest BCUT2D eigenvalue weighted by Crippen LogP contribution is 2.26. The second-order valence-corrected chi connectivity index (χ2v) is 4.85. The number of nitrogens with zero attached hydrogens (tertiary/aromatic N) is 7. The summed E-state index contributed by atoms with van der Waals surface area (Å²) in [5.41, 5.74) is 3.10. The Morgan fingerprint density at radius 3 is 2.17 bits per heavy atom. The van der Waals surface area contributed by atoms with Gasteiger partial charge in [0.05, 0.1) is 11.9 Å². The highest BCUT2D eigenvalue weighted by Gasteiger charge is 2.16. The zero-order chi connectivity index (χ0) is 16.2. The summed E-state index contributed by atoms with van der Waals surface area (Å²) in [7, 11) is 0. The average molecular weight is 313 g/mol. The van der Waals surface area contributed by atoms with Crippen LogP contribution in [-0.2, 0) is 0 Å². The van der Waals surface area contributed by atoms with E-state index in [-0.39, 0.29) is 0 Å². The van der Waals surface area contributed by atoms with E-state index in [1.807, 2.05) is 24.3 Å². The molecule has 0 aromatic carbocycles. The first kappa shape index (κ1) is 14.0. The minimum Gasteiger partial charge on any atom is -0.255 e. The first-order chi connectivity index (χ1) is 11.9. The Kier molecular flexibility index (Phi) is 3.65. The molecule has 114 valence electrons. The van der Waals surface area contributed by atoms with Gasteiger partial charge in [0.1, 0.15) is 22.8 Å². The van der Waals surface area contributed by atoms with Crippen LogP contribution in [0.2, 0.25) is 0 Å². The van der Waals surface area contributed by atoms with Crippen molar-refractivity contribution in [2.75, 3.05) is 0 Å². The molecule has 0 fully saturated rings. The van der Waals surface area contributed by atoms with Crippen LogP contribution in [0.5, 0.6) is 0 Å². The molecule has 0 radical (unpaired) electrons. The topological polar surface area (TPSA) is 90.2 Å². The molecule has 0 N–H and O–H groups in total. The monoisotopic (exact) mass is 313 g/mol. The van der Waals surface area contributed by atoms with Crippen molar-refractivity contribution in [3.05, 3.63) is 67.4 Å². The van der Waals surface area contributed by atoms with Gasteiger partial charge in [0.2, 0.25) is 0 Å². The number of rotatable bonds is 3. The number of aromatic nitrogens is 7. The Morgan fingerprint density at radius 2 is 1.42 bits per heavy atom. The van der Waals surface area contributed by atoms with E-state index in [9.17, 15) is 0 Å². The molecule has 0 aliphatic heterocycles. The van der Waals surface area contributed by atoms with Gasteiger partial charge < -0.3 is 0 Å². The van der Waals surface area contributed by atoms with Crippen LogP contribution in [0.4, 0.5) is 0 Å². The van der Waals surface area contributed by atoms with Crippen LogP contribution in [0.3, 0.4) is 0 Å². The van der Waals surface area contributed by atoms with Gasteiger partial charge >= 0.3 is 0 Å². The van der Waals surface area contributed by atoms with Crippen LogP contribution in [0.15, 0.2) is 67.4 Å². The summed E-state index contributed by atoms with van der Waals surface area (Å²) in [5.74, 6) is 0.475. The molecule has 7 heteroatoms. The maximum absolute atomic E-state index is 4.67. The average Bonchev–Trinajstić information content (AvgIpc) is 2.69. The molecule has 4 heterocycles. The minimum absolute atomic E-state index is 0.475. The third kappa shape index (κ3) is 2.70. The highest BCUT2D eigenvalue weighted by atomic mass is 15.1. The summed E-state index contributed by atoms with van der Waals surface area (Å²) < 4.78 is 0. The third-order valence-electron chi connectivity index (χ3n) is 3.29. The van der Waals surface area contributed by atoms with Crippen molar-refractivity contribution in [3.63, 3.8) is 0 Å². The van der Waals surface area contributed by atoms with Gasteiger partial charge in [-0.15, -0.1) is 5.10 Å². The van der Waals surface area contributed by atoms with Gasteiger partial charge in [-0.3, -0.25) is 4.98 Å². The molecule has 0 spiro atoms. The van der Waals surface area contributed by atoms with Gasteiger partial charge in [0, 0.05) is 24.8 Å². The van der Waals surface area contributed by atoms with E-state index in [1.54, 1.807) is 43.1 Å². The van der Waals surface area contributed by atoms with Crippen molar-refractivity contribution in [2.24, 2.45) is 0 Å². The van der Waals surface area contributed by atoms with Crippen molar-refractivity contribution in [3.8, 4) is 34.3 Å². The molecule has 7 nitrogen and oxygen atoms in total. The first-order valence-corrected chi connectivity index (χ1v) is 7.26. The van der Waals surface area contributed by atoms with Crippen LogP contribution in [0, 0.1) is 0 Å². The smallest absolute Gasteiger partial charge is 0.180 e. The van der Waals surface area contributed by atoms with Gasteiger partial charge in [-0.1, -0.05) is 6.07 Å². The summed E-state index contributed by atoms with van der Waals surface area (Å²) in [4.78, 5) is 22.1. The van der Waals surface area contributed by atoms with E-state index in [0.29, 0.717) is 28.6 Å². The molecule has 4 aromatic rings. The third-order valence-corrected chi connectivity index (χ3v) is 3.29. The van der Waals surface area contributed by atoms with Gasteiger partial charge in [0.25, 0.3) is 0 Å². The van der Waals surface area contributed by atoms with E-state index in [4.69, 9.17) is 0 Å². The maximum atomic E-state index is 4.67. The van der Waals surface area contributed by atoms with E-state index in [2.05, 4.69) is 35.1 Å². The largest absolute Gasteiger partial charge is 0.255 e. The van der Waals surface area contributed by atoms with Crippen molar-refractivity contribution in [2.45, 2.75) is 0 Å². The van der Waals surface area contributed by atoms with Gasteiger partial charge in [-0.05, 0) is 30.3 Å². The van der Waals surface area contributed by atoms with Crippen molar-refractivity contribution < 1.29 is 0 Å². The molecule has 0 atom stereocenters.